The van der Waals surface area contributed by atoms with Crippen LogP contribution in [-0.2, 0) is 10.0 Å². The van der Waals surface area contributed by atoms with Gasteiger partial charge >= 0.3 is 0 Å². The zero-order valence-corrected chi connectivity index (χ0v) is 14.2. The summed E-state index contributed by atoms with van der Waals surface area (Å²) in [7, 11) is -3.23. The van der Waals surface area contributed by atoms with Gasteiger partial charge in [-0.15, -0.1) is 0 Å². The van der Waals surface area contributed by atoms with Gasteiger partial charge < -0.3 is 5.32 Å². The first kappa shape index (κ1) is 18.0. The van der Waals surface area contributed by atoms with Crippen LogP contribution < -0.4 is 9.62 Å². The molecule has 1 N–H and O–H groups in total. The summed E-state index contributed by atoms with van der Waals surface area (Å²) in [4.78, 5) is 0. The SMILES string of the molecule is CCCNCCCCS(=O)(=O)N(CC)c1ccc(C)cc1. The zero-order chi connectivity index (χ0) is 15.7. The van der Waals surface area contributed by atoms with Crippen molar-refractivity contribution in [2.24, 2.45) is 0 Å². The van der Waals surface area contributed by atoms with E-state index in [1.165, 1.54) is 4.31 Å². The molecule has 0 heterocycles. The number of aryl methyl sites for hydroxylation is 1. The van der Waals surface area contributed by atoms with Crippen molar-refractivity contribution in [2.75, 3.05) is 29.7 Å². The highest BCUT2D eigenvalue weighted by Gasteiger charge is 2.20. The molecular weight excluding hydrogens is 284 g/mol. The van der Waals surface area contributed by atoms with E-state index in [2.05, 4.69) is 12.2 Å². The summed E-state index contributed by atoms with van der Waals surface area (Å²) in [5, 5.41) is 3.29. The lowest BCUT2D eigenvalue weighted by Crippen LogP contribution is -2.33. The molecule has 0 aromatic heterocycles. The molecule has 5 heteroatoms. The molecule has 120 valence electrons. The maximum absolute atomic E-state index is 12.4. The van der Waals surface area contributed by atoms with E-state index in [0.717, 1.165) is 37.2 Å². The molecule has 0 radical (unpaired) electrons. The smallest absolute Gasteiger partial charge is 0.235 e. The maximum atomic E-state index is 12.4. The van der Waals surface area contributed by atoms with Gasteiger partial charge in [-0.3, -0.25) is 4.31 Å². The topological polar surface area (TPSA) is 49.4 Å². The molecule has 4 nitrogen and oxygen atoms in total. The van der Waals surface area contributed by atoms with Gasteiger partial charge in [0.25, 0.3) is 0 Å². The van der Waals surface area contributed by atoms with E-state index in [4.69, 9.17) is 0 Å². The average molecular weight is 312 g/mol. The largest absolute Gasteiger partial charge is 0.317 e. The molecule has 0 saturated heterocycles. The molecule has 0 unspecified atom stereocenters. The van der Waals surface area contributed by atoms with Crippen molar-refractivity contribution in [1.29, 1.82) is 0 Å². The molecular formula is C16H28N2O2S. The Balaban J connectivity index is 2.56. The summed E-state index contributed by atoms with van der Waals surface area (Å²) in [6.45, 7) is 8.35. The Kier molecular flexibility index (Phi) is 7.75. The van der Waals surface area contributed by atoms with Crippen LogP contribution in [0.5, 0.6) is 0 Å². The lowest BCUT2D eigenvalue weighted by molar-refractivity contribution is 0.582. The fraction of sp³-hybridized carbons (Fsp3) is 0.625. The molecule has 0 aliphatic rings. The maximum Gasteiger partial charge on any atom is 0.235 e. The summed E-state index contributed by atoms with van der Waals surface area (Å²) in [6, 6.07) is 7.64. The molecule has 0 saturated carbocycles. The minimum atomic E-state index is -3.23. The summed E-state index contributed by atoms with van der Waals surface area (Å²) in [6.07, 6.45) is 2.70. The number of rotatable bonds is 10. The van der Waals surface area contributed by atoms with Crippen molar-refractivity contribution in [3.05, 3.63) is 29.8 Å². The van der Waals surface area contributed by atoms with Gasteiger partial charge in [0.05, 0.1) is 11.4 Å². The molecule has 0 bridgehead atoms. The Labute approximate surface area is 129 Å². The predicted octanol–water partition coefficient (Wildman–Crippen LogP) is 2.93. The molecule has 0 aliphatic heterocycles. The average Bonchev–Trinajstić information content (AvgIpc) is 2.45. The lowest BCUT2D eigenvalue weighted by Gasteiger charge is -2.23. The first-order valence-electron chi connectivity index (χ1n) is 7.79. The van der Waals surface area contributed by atoms with Crippen LogP contribution >= 0.6 is 0 Å². The first-order valence-corrected chi connectivity index (χ1v) is 9.40. The molecule has 1 aromatic rings. The third kappa shape index (κ3) is 6.06. The Morgan fingerprint density at radius 3 is 2.29 bits per heavy atom. The molecule has 0 spiro atoms. The van der Waals surface area contributed by atoms with Crippen LogP contribution in [0.2, 0.25) is 0 Å². The summed E-state index contributed by atoms with van der Waals surface area (Å²) >= 11 is 0. The van der Waals surface area contributed by atoms with Crippen LogP contribution in [-0.4, -0.2) is 33.8 Å². The number of anilines is 1. The van der Waals surface area contributed by atoms with Gasteiger partial charge in [0, 0.05) is 6.54 Å². The third-order valence-electron chi connectivity index (χ3n) is 3.38. The second-order valence-electron chi connectivity index (χ2n) is 5.27. The van der Waals surface area contributed by atoms with Gasteiger partial charge in [0.15, 0.2) is 0 Å². The van der Waals surface area contributed by atoms with Crippen molar-refractivity contribution in [2.45, 2.75) is 40.0 Å². The van der Waals surface area contributed by atoms with E-state index >= 15 is 0 Å². The monoisotopic (exact) mass is 312 g/mol. The van der Waals surface area contributed by atoms with Crippen LogP contribution in [0.25, 0.3) is 0 Å². The molecule has 0 fully saturated rings. The van der Waals surface area contributed by atoms with Crippen LogP contribution in [0.1, 0.15) is 38.7 Å². The van der Waals surface area contributed by atoms with Crippen LogP contribution in [0.3, 0.4) is 0 Å². The molecule has 1 aromatic carbocycles. The summed E-state index contributed by atoms with van der Waals surface area (Å²) in [5.41, 5.74) is 1.89. The van der Waals surface area contributed by atoms with Crippen molar-refractivity contribution >= 4 is 15.7 Å². The van der Waals surface area contributed by atoms with Crippen LogP contribution in [0.4, 0.5) is 5.69 Å². The fourth-order valence-corrected chi connectivity index (χ4v) is 3.82. The predicted molar refractivity (Wildman–Crippen MR) is 90.4 cm³/mol. The van der Waals surface area contributed by atoms with Crippen LogP contribution in [0, 0.1) is 6.92 Å². The van der Waals surface area contributed by atoms with Crippen molar-refractivity contribution in [3.63, 3.8) is 0 Å². The second-order valence-corrected chi connectivity index (χ2v) is 7.29. The van der Waals surface area contributed by atoms with E-state index < -0.39 is 10.0 Å². The molecule has 21 heavy (non-hydrogen) atoms. The van der Waals surface area contributed by atoms with Crippen LogP contribution in [0.15, 0.2) is 24.3 Å². The quantitative estimate of drug-likeness (QED) is 0.676. The summed E-state index contributed by atoms with van der Waals surface area (Å²) < 4.78 is 26.4. The molecule has 0 aliphatic carbocycles. The van der Waals surface area contributed by atoms with Gasteiger partial charge in [0.1, 0.15) is 0 Å². The number of nitrogens with zero attached hydrogens (tertiary/aromatic N) is 1. The lowest BCUT2D eigenvalue weighted by atomic mass is 10.2. The first-order chi connectivity index (χ1) is 10.0. The van der Waals surface area contributed by atoms with Gasteiger partial charge in [-0.2, -0.15) is 0 Å². The minimum absolute atomic E-state index is 0.211. The fourth-order valence-electron chi connectivity index (χ4n) is 2.20. The van der Waals surface area contributed by atoms with Gasteiger partial charge in [-0.05, 0) is 58.3 Å². The minimum Gasteiger partial charge on any atom is -0.317 e. The Bertz CT molecular complexity index is 498. The van der Waals surface area contributed by atoms with Crippen molar-refractivity contribution in [3.8, 4) is 0 Å². The van der Waals surface area contributed by atoms with E-state index in [0.29, 0.717) is 13.0 Å². The number of benzene rings is 1. The number of hydrogen-bond donors (Lipinski definition) is 1. The molecule has 1 rings (SSSR count). The highest BCUT2D eigenvalue weighted by molar-refractivity contribution is 7.92. The van der Waals surface area contributed by atoms with Crippen molar-refractivity contribution < 1.29 is 8.42 Å². The Hall–Kier alpha value is -1.07. The molecule has 0 amide bonds. The van der Waals surface area contributed by atoms with E-state index in [-0.39, 0.29) is 5.75 Å². The number of nitrogens with one attached hydrogen (secondary N) is 1. The van der Waals surface area contributed by atoms with E-state index in [9.17, 15) is 8.42 Å². The third-order valence-corrected chi connectivity index (χ3v) is 5.32. The second kappa shape index (κ2) is 9.05. The standard InChI is InChI=1S/C16H28N2O2S/c1-4-12-17-13-6-7-14-21(19,20)18(5-2)16-10-8-15(3)9-11-16/h8-11,17H,4-7,12-14H2,1-3H3. The van der Waals surface area contributed by atoms with Crippen molar-refractivity contribution in [1.82, 2.24) is 5.32 Å². The van der Waals surface area contributed by atoms with Gasteiger partial charge in [0.2, 0.25) is 10.0 Å². The number of unbranched alkanes of at least 4 members (excludes halogenated alkanes) is 1. The normalized spacial score (nSPS) is 11.6. The van der Waals surface area contributed by atoms with E-state index in [1.807, 2.05) is 38.1 Å². The van der Waals surface area contributed by atoms with E-state index in [1.54, 1.807) is 0 Å². The number of hydrogen-bond acceptors (Lipinski definition) is 3. The molecule has 0 atom stereocenters. The number of sulfonamides is 1. The zero-order valence-electron chi connectivity index (χ0n) is 13.4. The highest BCUT2D eigenvalue weighted by Crippen LogP contribution is 2.19. The summed E-state index contributed by atoms with van der Waals surface area (Å²) in [5.74, 6) is 0.211. The van der Waals surface area contributed by atoms with Gasteiger partial charge in [-0.25, -0.2) is 8.42 Å². The van der Waals surface area contributed by atoms with Gasteiger partial charge in [-0.1, -0.05) is 24.6 Å². The Morgan fingerprint density at radius 2 is 1.71 bits per heavy atom. The Morgan fingerprint density at radius 1 is 1.05 bits per heavy atom. The highest BCUT2D eigenvalue weighted by atomic mass is 32.2.